The number of benzene rings is 1. The van der Waals surface area contributed by atoms with Gasteiger partial charge in [-0.05, 0) is 43.4 Å². The third kappa shape index (κ3) is 4.03. The smallest absolute Gasteiger partial charge is 0.384 e. The number of hydrogen-bond acceptors (Lipinski definition) is 4. The van der Waals surface area contributed by atoms with Gasteiger partial charge in [0.15, 0.2) is 0 Å². The number of alkyl halides is 3. The van der Waals surface area contributed by atoms with Gasteiger partial charge in [0.2, 0.25) is 5.91 Å². The molecular weight excluding hydrogens is 407 g/mol. The van der Waals surface area contributed by atoms with Crippen LogP contribution in [0.15, 0.2) is 30.4 Å². The van der Waals surface area contributed by atoms with Crippen LogP contribution in [-0.2, 0) is 15.7 Å². The molecule has 0 spiro atoms. The van der Waals surface area contributed by atoms with Crippen LogP contribution >= 0.6 is 0 Å². The molecule has 2 heterocycles. The summed E-state index contributed by atoms with van der Waals surface area (Å²) in [6.07, 6.45) is 1.84. The fourth-order valence-corrected chi connectivity index (χ4v) is 5.40. The van der Waals surface area contributed by atoms with Gasteiger partial charge in [-0.3, -0.25) is 4.79 Å². The maximum absolute atomic E-state index is 13.4. The molecule has 31 heavy (non-hydrogen) atoms. The SMILES string of the molecule is COC[C@@]12CN(C(=O)C3CC=CC3)CC[C@@H]1CN(c1ccc(C#N)c(C(F)(F)F)c1)C2. The predicted molar refractivity (Wildman–Crippen MR) is 109 cm³/mol. The van der Waals surface area contributed by atoms with Crippen molar-refractivity contribution in [1.82, 2.24) is 4.90 Å². The van der Waals surface area contributed by atoms with Gasteiger partial charge in [0.1, 0.15) is 0 Å². The van der Waals surface area contributed by atoms with E-state index in [-0.39, 0.29) is 28.7 Å². The zero-order valence-electron chi connectivity index (χ0n) is 17.5. The number of fused-ring (bicyclic) bond motifs is 1. The predicted octanol–water partition coefficient (Wildman–Crippen LogP) is 3.84. The fourth-order valence-electron chi connectivity index (χ4n) is 5.40. The van der Waals surface area contributed by atoms with E-state index in [0.29, 0.717) is 38.5 Å². The Morgan fingerprint density at radius 1 is 1.29 bits per heavy atom. The minimum atomic E-state index is -4.59. The number of rotatable bonds is 4. The Kier molecular flexibility index (Phi) is 5.73. The normalized spacial score (nSPS) is 26.2. The van der Waals surface area contributed by atoms with E-state index in [9.17, 15) is 18.0 Å². The fraction of sp³-hybridized carbons (Fsp3) is 0.565. The number of allylic oxidation sites excluding steroid dienone is 2. The minimum Gasteiger partial charge on any atom is -0.384 e. The van der Waals surface area contributed by atoms with Gasteiger partial charge in [-0.15, -0.1) is 0 Å². The first-order valence-corrected chi connectivity index (χ1v) is 10.6. The molecule has 0 bridgehead atoms. The van der Waals surface area contributed by atoms with Gasteiger partial charge in [0.05, 0.1) is 23.8 Å². The molecule has 0 radical (unpaired) electrons. The molecule has 1 aliphatic carbocycles. The number of piperidine rings is 1. The summed E-state index contributed by atoms with van der Waals surface area (Å²) in [5, 5.41) is 9.07. The Morgan fingerprint density at radius 3 is 2.68 bits per heavy atom. The van der Waals surface area contributed by atoms with Crippen molar-refractivity contribution in [3.63, 3.8) is 0 Å². The highest BCUT2D eigenvalue weighted by Crippen LogP contribution is 2.45. The van der Waals surface area contributed by atoms with Gasteiger partial charge in [-0.25, -0.2) is 0 Å². The number of anilines is 1. The van der Waals surface area contributed by atoms with Crippen molar-refractivity contribution >= 4 is 11.6 Å². The van der Waals surface area contributed by atoms with Gasteiger partial charge in [-0.1, -0.05) is 12.2 Å². The van der Waals surface area contributed by atoms with Crippen LogP contribution in [0.2, 0.25) is 0 Å². The van der Waals surface area contributed by atoms with Crippen molar-refractivity contribution in [1.29, 1.82) is 5.26 Å². The number of amides is 1. The Labute approximate surface area is 180 Å². The highest BCUT2D eigenvalue weighted by Gasteiger charge is 2.51. The van der Waals surface area contributed by atoms with Crippen LogP contribution in [0.4, 0.5) is 18.9 Å². The molecule has 2 fully saturated rings. The minimum absolute atomic E-state index is 0.00141. The summed E-state index contributed by atoms with van der Waals surface area (Å²) >= 11 is 0. The molecule has 0 N–H and O–H groups in total. The number of nitrogens with zero attached hydrogens (tertiary/aromatic N) is 3. The summed E-state index contributed by atoms with van der Waals surface area (Å²) in [4.78, 5) is 16.9. The molecule has 8 heteroatoms. The molecule has 2 saturated heterocycles. The number of carbonyl (C=O) groups is 1. The molecule has 3 aliphatic rings. The molecule has 0 unspecified atom stereocenters. The third-order valence-corrected chi connectivity index (χ3v) is 6.96. The number of ether oxygens (including phenoxy) is 1. The van der Waals surface area contributed by atoms with E-state index < -0.39 is 11.7 Å². The van der Waals surface area contributed by atoms with E-state index in [1.165, 1.54) is 6.07 Å². The van der Waals surface area contributed by atoms with Crippen LogP contribution < -0.4 is 4.90 Å². The summed E-state index contributed by atoms with van der Waals surface area (Å²) in [5.41, 5.74) is -1.15. The van der Waals surface area contributed by atoms with Crippen molar-refractivity contribution in [2.45, 2.75) is 25.4 Å². The first-order chi connectivity index (χ1) is 14.8. The summed E-state index contributed by atoms with van der Waals surface area (Å²) in [7, 11) is 1.62. The van der Waals surface area contributed by atoms with Gasteiger partial charge >= 0.3 is 6.18 Å². The monoisotopic (exact) mass is 433 g/mol. The summed E-state index contributed by atoms with van der Waals surface area (Å²) < 4.78 is 45.9. The van der Waals surface area contributed by atoms with Crippen LogP contribution in [0.3, 0.4) is 0 Å². The van der Waals surface area contributed by atoms with Crippen LogP contribution in [0.25, 0.3) is 0 Å². The molecule has 2 atom stereocenters. The first-order valence-electron chi connectivity index (χ1n) is 10.6. The summed E-state index contributed by atoms with van der Waals surface area (Å²) in [6.45, 7) is 2.80. The highest BCUT2D eigenvalue weighted by molar-refractivity contribution is 5.80. The molecule has 1 amide bonds. The second-order valence-corrected chi connectivity index (χ2v) is 8.90. The molecule has 1 aromatic carbocycles. The zero-order chi connectivity index (χ0) is 22.2. The van der Waals surface area contributed by atoms with Crippen LogP contribution in [0, 0.1) is 28.6 Å². The van der Waals surface area contributed by atoms with E-state index in [2.05, 4.69) is 0 Å². The number of nitriles is 1. The second kappa shape index (κ2) is 8.19. The Hall–Kier alpha value is -2.53. The van der Waals surface area contributed by atoms with E-state index in [1.807, 2.05) is 22.0 Å². The molecule has 4 rings (SSSR count). The molecule has 0 saturated carbocycles. The molecule has 2 aliphatic heterocycles. The lowest BCUT2D eigenvalue weighted by Gasteiger charge is -2.44. The average Bonchev–Trinajstić information content (AvgIpc) is 3.40. The van der Waals surface area contributed by atoms with Gasteiger partial charge in [0.25, 0.3) is 0 Å². The van der Waals surface area contributed by atoms with Crippen molar-refractivity contribution in [3.8, 4) is 6.07 Å². The standard InChI is InChI=1S/C23H26F3N3O2/c1-31-15-22-13-28(21(30)16-4-2-3-5-16)9-8-18(22)12-29(14-22)19-7-6-17(11-27)20(10-19)23(24,25)26/h2-3,6-7,10,16,18H,4-5,8-9,12-15H2,1H3/t18-,22+/m1/s1. The topological polar surface area (TPSA) is 56.6 Å². The van der Waals surface area contributed by atoms with Crippen molar-refractivity contribution in [3.05, 3.63) is 41.5 Å². The number of halogens is 3. The second-order valence-electron chi connectivity index (χ2n) is 8.90. The Morgan fingerprint density at radius 2 is 2.03 bits per heavy atom. The lowest BCUT2D eigenvalue weighted by atomic mass is 9.73. The summed E-state index contributed by atoms with van der Waals surface area (Å²) in [6, 6.07) is 5.53. The third-order valence-electron chi connectivity index (χ3n) is 6.96. The number of methoxy groups -OCH3 is 1. The van der Waals surface area contributed by atoms with E-state index in [4.69, 9.17) is 10.00 Å². The summed E-state index contributed by atoms with van der Waals surface area (Å²) in [5.74, 6) is 0.389. The lowest BCUT2D eigenvalue weighted by Crippen LogP contribution is -2.54. The molecule has 1 aromatic rings. The van der Waals surface area contributed by atoms with Crippen LogP contribution in [0.5, 0.6) is 0 Å². The highest BCUT2D eigenvalue weighted by atomic mass is 19.4. The number of carbonyl (C=O) groups excluding carboxylic acids is 1. The first kappa shape index (κ1) is 21.7. The van der Waals surface area contributed by atoms with Crippen LogP contribution in [0.1, 0.15) is 30.4 Å². The molecule has 166 valence electrons. The van der Waals surface area contributed by atoms with E-state index in [1.54, 1.807) is 19.2 Å². The lowest BCUT2D eigenvalue weighted by molar-refractivity contribution is -0.141. The van der Waals surface area contributed by atoms with Gasteiger partial charge in [-0.2, -0.15) is 18.4 Å². The average molecular weight is 433 g/mol. The molecular formula is C23H26F3N3O2. The van der Waals surface area contributed by atoms with Gasteiger partial charge < -0.3 is 14.5 Å². The van der Waals surface area contributed by atoms with Gasteiger partial charge in [0, 0.05) is 50.3 Å². The van der Waals surface area contributed by atoms with Crippen molar-refractivity contribution in [2.24, 2.45) is 17.3 Å². The number of likely N-dealkylation sites (tertiary alicyclic amines) is 1. The van der Waals surface area contributed by atoms with Crippen LogP contribution in [-0.4, -0.2) is 50.7 Å². The number of hydrogen-bond donors (Lipinski definition) is 0. The van der Waals surface area contributed by atoms with E-state index >= 15 is 0 Å². The molecule has 5 nitrogen and oxygen atoms in total. The zero-order valence-corrected chi connectivity index (χ0v) is 17.5. The largest absolute Gasteiger partial charge is 0.417 e. The van der Waals surface area contributed by atoms with Crippen molar-refractivity contribution < 1.29 is 22.7 Å². The van der Waals surface area contributed by atoms with Crippen molar-refractivity contribution in [2.75, 3.05) is 44.8 Å². The molecule has 0 aromatic heterocycles. The quantitative estimate of drug-likeness (QED) is 0.677. The Bertz CT molecular complexity index is 916. The van der Waals surface area contributed by atoms with E-state index in [0.717, 1.165) is 25.3 Å². The maximum atomic E-state index is 13.4. The Balaban J connectivity index is 1.58. The maximum Gasteiger partial charge on any atom is 0.417 e.